The number of hydrogen-bond acceptors (Lipinski definition) is 4. The van der Waals surface area contributed by atoms with E-state index in [-0.39, 0.29) is 17.7 Å². The molecular weight excluding hydrogens is 418 g/mol. The second-order valence-corrected chi connectivity index (χ2v) is 8.81. The Hall–Kier alpha value is -3.14. The van der Waals surface area contributed by atoms with Crippen molar-refractivity contribution in [2.24, 2.45) is 11.8 Å². The first-order chi connectivity index (χ1) is 14.4. The maximum atomic E-state index is 12.8. The van der Waals surface area contributed by atoms with Crippen LogP contribution in [0.2, 0.25) is 5.02 Å². The molecule has 2 N–H and O–H groups in total. The fraction of sp³-hybridized carbons (Fsp3) is 0.174. The number of nitrogens with zero attached hydrogens (tertiary/aromatic N) is 1. The molecule has 5 nitrogen and oxygen atoms in total. The summed E-state index contributed by atoms with van der Waals surface area (Å²) in [4.78, 5) is 26.2. The second kappa shape index (κ2) is 8.31. The topological polar surface area (TPSA) is 82.0 Å². The lowest BCUT2D eigenvalue weighted by Crippen LogP contribution is -2.16. The maximum Gasteiger partial charge on any atom is 0.255 e. The van der Waals surface area contributed by atoms with Gasteiger partial charge < -0.3 is 10.6 Å². The summed E-state index contributed by atoms with van der Waals surface area (Å²) in [7, 11) is 0. The van der Waals surface area contributed by atoms with Crippen molar-refractivity contribution in [3.05, 3.63) is 70.1 Å². The van der Waals surface area contributed by atoms with Crippen molar-refractivity contribution in [2.45, 2.75) is 13.3 Å². The molecule has 0 bridgehead atoms. The summed E-state index contributed by atoms with van der Waals surface area (Å²) < 4.78 is 0. The molecule has 2 aromatic carbocycles. The van der Waals surface area contributed by atoms with E-state index in [0.717, 1.165) is 16.9 Å². The average Bonchev–Trinajstić information content (AvgIpc) is 3.33. The summed E-state index contributed by atoms with van der Waals surface area (Å²) in [6.45, 7) is 2.04. The van der Waals surface area contributed by atoms with E-state index >= 15 is 0 Å². The summed E-state index contributed by atoms with van der Waals surface area (Å²) >= 11 is 7.35. The van der Waals surface area contributed by atoms with Gasteiger partial charge >= 0.3 is 0 Å². The van der Waals surface area contributed by atoms with Gasteiger partial charge in [-0.25, -0.2) is 0 Å². The molecule has 0 aliphatic heterocycles. The molecule has 2 atom stereocenters. The summed E-state index contributed by atoms with van der Waals surface area (Å²) in [6.07, 6.45) is 0.899. The Labute approximate surface area is 183 Å². The van der Waals surface area contributed by atoms with Crippen molar-refractivity contribution < 1.29 is 9.59 Å². The van der Waals surface area contributed by atoms with Gasteiger partial charge in [0.25, 0.3) is 5.91 Å². The van der Waals surface area contributed by atoms with Crippen molar-refractivity contribution in [3.8, 4) is 16.5 Å². The first kappa shape index (κ1) is 20.1. The number of benzene rings is 2. The lowest BCUT2D eigenvalue weighted by molar-refractivity contribution is -0.117. The molecule has 7 heteroatoms. The van der Waals surface area contributed by atoms with Crippen LogP contribution in [-0.4, -0.2) is 11.8 Å². The zero-order valence-electron chi connectivity index (χ0n) is 16.1. The van der Waals surface area contributed by atoms with Crippen LogP contribution in [0.3, 0.4) is 0 Å². The number of nitrogens with one attached hydrogen (secondary N) is 2. The standard InChI is InChI=1S/C23H18ClN3O2S/c1-13-8-18(13)23(29)26-17-7-3-5-15(10-17)22(28)27-19-11-20(30-21(19)12-25)14-4-2-6-16(24)9-14/h2-7,9-11,13,18H,8H2,1H3,(H,26,29)(H,27,28)/t13-,18+/m0/s1. The van der Waals surface area contributed by atoms with E-state index in [1.54, 1.807) is 36.4 Å². The van der Waals surface area contributed by atoms with E-state index in [9.17, 15) is 14.9 Å². The molecular formula is C23H18ClN3O2S. The molecule has 4 rings (SSSR count). The summed E-state index contributed by atoms with van der Waals surface area (Å²) in [5.74, 6) is 0.0956. The molecule has 1 heterocycles. The van der Waals surface area contributed by atoms with Gasteiger partial charge in [0.05, 0.1) is 5.69 Å². The number of halogens is 1. The van der Waals surface area contributed by atoms with Crippen LogP contribution in [0.15, 0.2) is 54.6 Å². The van der Waals surface area contributed by atoms with Crippen molar-refractivity contribution in [2.75, 3.05) is 10.6 Å². The molecule has 1 aliphatic carbocycles. The van der Waals surface area contributed by atoms with Crippen LogP contribution in [0.4, 0.5) is 11.4 Å². The minimum atomic E-state index is -0.349. The lowest BCUT2D eigenvalue weighted by atomic mass is 10.1. The van der Waals surface area contributed by atoms with Gasteiger partial charge in [-0.3, -0.25) is 9.59 Å². The van der Waals surface area contributed by atoms with E-state index in [1.807, 2.05) is 25.1 Å². The predicted octanol–water partition coefficient (Wildman–Crippen LogP) is 5.79. The van der Waals surface area contributed by atoms with E-state index < -0.39 is 0 Å². The van der Waals surface area contributed by atoms with E-state index in [0.29, 0.717) is 32.8 Å². The van der Waals surface area contributed by atoms with Gasteiger partial charge in [-0.2, -0.15) is 5.26 Å². The lowest BCUT2D eigenvalue weighted by Gasteiger charge is -2.08. The number of carbonyl (C=O) groups is 2. The Morgan fingerprint density at radius 3 is 2.60 bits per heavy atom. The third kappa shape index (κ3) is 4.38. The van der Waals surface area contributed by atoms with Crippen LogP contribution in [0, 0.1) is 23.2 Å². The minimum Gasteiger partial charge on any atom is -0.326 e. The number of hydrogen-bond donors (Lipinski definition) is 2. The molecule has 3 aromatic rings. The van der Waals surface area contributed by atoms with Gasteiger partial charge in [0.15, 0.2) is 0 Å². The Balaban J connectivity index is 1.52. The van der Waals surface area contributed by atoms with Crippen molar-refractivity contribution in [1.82, 2.24) is 0 Å². The molecule has 1 aliphatic rings. The Bertz CT molecular complexity index is 1180. The van der Waals surface area contributed by atoms with Crippen molar-refractivity contribution >= 4 is 46.1 Å². The molecule has 150 valence electrons. The van der Waals surface area contributed by atoms with Crippen LogP contribution in [0.1, 0.15) is 28.6 Å². The monoisotopic (exact) mass is 435 g/mol. The molecule has 0 saturated heterocycles. The van der Waals surface area contributed by atoms with Gasteiger partial charge in [0.2, 0.25) is 5.91 Å². The van der Waals surface area contributed by atoms with E-state index in [2.05, 4.69) is 16.7 Å². The summed E-state index contributed by atoms with van der Waals surface area (Å²) in [5.41, 5.74) is 2.31. The van der Waals surface area contributed by atoms with Crippen molar-refractivity contribution in [3.63, 3.8) is 0 Å². The quantitative estimate of drug-likeness (QED) is 0.532. The van der Waals surface area contributed by atoms with Crippen LogP contribution >= 0.6 is 22.9 Å². The number of rotatable bonds is 5. The highest BCUT2D eigenvalue weighted by atomic mass is 35.5. The third-order valence-electron chi connectivity index (χ3n) is 5.03. The highest BCUT2D eigenvalue weighted by Crippen LogP contribution is 2.38. The predicted molar refractivity (Wildman–Crippen MR) is 120 cm³/mol. The highest BCUT2D eigenvalue weighted by Gasteiger charge is 2.39. The Morgan fingerprint density at radius 2 is 1.90 bits per heavy atom. The minimum absolute atomic E-state index is 0.0178. The zero-order valence-corrected chi connectivity index (χ0v) is 17.7. The molecule has 2 amide bonds. The van der Waals surface area contributed by atoms with Gasteiger partial charge in [0, 0.05) is 27.1 Å². The fourth-order valence-corrected chi connectivity index (χ4v) is 4.30. The molecule has 30 heavy (non-hydrogen) atoms. The first-order valence-corrected chi connectivity index (χ1v) is 10.7. The molecule has 1 saturated carbocycles. The largest absolute Gasteiger partial charge is 0.326 e. The third-order valence-corrected chi connectivity index (χ3v) is 6.35. The molecule has 0 unspecified atom stereocenters. The van der Waals surface area contributed by atoms with Gasteiger partial charge in [-0.1, -0.05) is 36.7 Å². The Kier molecular flexibility index (Phi) is 5.58. The molecule has 1 aromatic heterocycles. The Morgan fingerprint density at radius 1 is 1.13 bits per heavy atom. The average molecular weight is 436 g/mol. The number of nitriles is 1. The van der Waals surface area contributed by atoms with Crippen molar-refractivity contribution in [1.29, 1.82) is 5.26 Å². The van der Waals surface area contributed by atoms with Gasteiger partial charge in [-0.15, -0.1) is 11.3 Å². The first-order valence-electron chi connectivity index (χ1n) is 9.47. The number of amides is 2. The molecule has 1 fully saturated rings. The van der Waals surface area contributed by atoms with Crippen LogP contribution in [0.25, 0.3) is 10.4 Å². The normalized spacial score (nSPS) is 17.1. The summed E-state index contributed by atoms with van der Waals surface area (Å²) in [6, 6.07) is 18.0. The molecule has 0 radical (unpaired) electrons. The van der Waals surface area contributed by atoms with Gasteiger partial charge in [-0.05, 0) is 54.3 Å². The van der Waals surface area contributed by atoms with E-state index in [1.165, 1.54) is 11.3 Å². The van der Waals surface area contributed by atoms with E-state index in [4.69, 9.17) is 11.6 Å². The smallest absolute Gasteiger partial charge is 0.255 e. The zero-order chi connectivity index (χ0) is 21.3. The number of anilines is 2. The highest BCUT2D eigenvalue weighted by molar-refractivity contribution is 7.16. The second-order valence-electron chi connectivity index (χ2n) is 7.32. The maximum absolute atomic E-state index is 12.8. The van der Waals surface area contributed by atoms with Crippen LogP contribution < -0.4 is 10.6 Å². The number of carbonyl (C=O) groups excluding carboxylic acids is 2. The SMILES string of the molecule is C[C@H]1C[C@H]1C(=O)Nc1cccc(C(=O)Nc2cc(-c3cccc(Cl)c3)sc2C#N)c1. The fourth-order valence-electron chi connectivity index (χ4n) is 3.21. The summed E-state index contributed by atoms with van der Waals surface area (Å²) in [5, 5.41) is 15.7. The molecule has 0 spiro atoms. The van der Waals surface area contributed by atoms with Crippen LogP contribution in [0.5, 0.6) is 0 Å². The number of thiophene rings is 1. The van der Waals surface area contributed by atoms with Gasteiger partial charge in [0.1, 0.15) is 10.9 Å². The van der Waals surface area contributed by atoms with Crippen LogP contribution in [-0.2, 0) is 4.79 Å².